The molecule has 2 aromatic rings. The van der Waals surface area contributed by atoms with Crippen molar-refractivity contribution in [2.75, 3.05) is 0 Å². The molecule has 5 heteroatoms. The van der Waals surface area contributed by atoms with E-state index in [2.05, 4.69) is 0 Å². The fraction of sp³-hybridized carbons (Fsp3) is 0.333. The van der Waals surface area contributed by atoms with E-state index in [4.69, 9.17) is 10.5 Å². The van der Waals surface area contributed by atoms with Gasteiger partial charge in [0, 0.05) is 18.2 Å². The SMILES string of the molecule is CC.CC.NCc1ccc(OCc2ccc(F)cc2F)c(F)c1. The van der Waals surface area contributed by atoms with Crippen LogP contribution in [0.1, 0.15) is 38.8 Å². The van der Waals surface area contributed by atoms with E-state index < -0.39 is 17.5 Å². The highest BCUT2D eigenvalue weighted by Gasteiger charge is 2.08. The molecule has 0 aliphatic rings. The summed E-state index contributed by atoms with van der Waals surface area (Å²) in [5.74, 6) is -1.95. The van der Waals surface area contributed by atoms with Crippen molar-refractivity contribution < 1.29 is 17.9 Å². The summed E-state index contributed by atoms with van der Waals surface area (Å²) in [5, 5.41) is 0. The summed E-state index contributed by atoms with van der Waals surface area (Å²) in [6.07, 6.45) is 0. The van der Waals surface area contributed by atoms with Crippen LogP contribution in [0.3, 0.4) is 0 Å². The lowest BCUT2D eigenvalue weighted by Gasteiger charge is -2.09. The highest BCUT2D eigenvalue weighted by atomic mass is 19.1. The number of halogens is 3. The fourth-order valence-corrected chi connectivity index (χ4v) is 1.58. The van der Waals surface area contributed by atoms with E-state index >= 15 is 0 Å². The van der Waals surface area contributed by atoms with Crippen LogP contribution in [-0.4, -0.2) is 0 Å². The van der Waals surface area contributed by atoms with E-state index in [1.54, 1.807) is 6.07 Å². The number of rotatable bonds is 4. The highest BCUT2D eigenvalue weighted by Crippen LogP contribution is 2.20. The van der Waals surface area contributed by atoms with Gasteiger partial charge in [-0.3, -0.25) is 0 Å². The zero-order valence-corrected chi connectivity index (χ0v) is 14.0. The quantitative estimate of drug-likeness (QED) is 0.838. The van der Waals surface area contributed by atoms with Crippen LogP contribution in [0.2, 0.25) is 0 Å². The van der Waals surface area contributed by atoms with Crippen molar-refractivity contribution in [3.05, 3.63) is 65.0 Å². The van der Waals surface area contributed by atoms with Crippen LogP contribution < -0.4 is 10.5 Å². The molecule has 0 radical (unpaired) electrons. The van der Waals surface area contributed by atoms with Gasteiger partial charge >= 0.3 is 0 Å². The predicted molar refractivity (Wildman–Crippen MR) is 87.7 cm³/mol. The zero-order chi connectivity index (χ0) is 17.8. The minimum atomic E-state index is -0.723. The maximum absolute atomic E-state index is 13.6. The van der Waals surface area contributed by atoms with Crippen molar-refractivity contribution in [2.45, 2.75) is 40.8 Å². The largest absolute Gasteiger partial charge is 0.486 e. The molecule has 0 fully saturated rings. The zero-order valence-electron chi connectivity index (χ0n) is 14.0. The van der Waals surface area contributed by atoms with Gasteiger partial charge in [-0.05, 0) is 29.8 Å². The third-order valence-electron chi connectivity index (χ3n) is 2.63. The molecule has 0 bridgehead atoms. The van der Waals surface area contributed by atoms with E-state index in [0.29, 0.717) is 5.56 Å². The van der Waals surface area contributed by atoms with Crippen LogP contribution in [-0.2, 0) is 13.2 Å². The summed E-state index contributed by atoms with van der Waals surface area (Å²) in [6.45, 7) is 8.05. The minimum Gasteiger partial charge on any atom is -0.486 e. The molecule has 0 aromatic heterocycles. The fourth-order valence-electron chi connectivity index (χ4n) is 1.58. The predicted octanol–water partition coefficient (Wildman–Crippen LogP) is 5.19. The first-order valence-corrected chi connectivity index (χ1v) is 7.65. The van der Waals surface area contributed by atoms with Gasteiger partial charge in [-0.1, -0.05) is 33.8 Å². The van der Waals surface area contributed by atoms with E-state index in [1.165, 1.54) is 18.2 Å². The third-order valence-corrected chi connectivity index (χ3v) is 2.63. The second-order valence-electron chi connectivity index (χ2n) is 3.99. The number of hydrogen-bond acceptors (Lipinski definition) is 2. The van der Waals surface area contributed by atoms with Gasteiger partial charge in [-0.2, -0.15) is 0 Å². The topological polar surface area (TPSA) is 35.2 Å². The molecule has 128 valence electrons. The lowest BCUT2D eigenvalue weighted by molar-refractivity contribution is 0.284. The minimum absolute atomic E-state index is 0.000856. The van der Waals surface area contributed by atoms with Crippen molar-refractivity contribution in [1.29, 1.82) is 0 Å². The Morgan fingerprint density at radius 2 is 1.52 bits per heavy atom. The maximum Gasteiger partial charge on any atom is 0.165 e. The summed E-state index contributed by atoms with van der Waals surface area (Å²) in [5.41, 5.74) is 6.17. The van der Waals surface area contributed by atoms with Crippen molar-refractivity contribution in [3.63, 3.8) is 0 Å². The Morgan fingerprint density at radius 1 is 0.870 bits per heavy atom. The van der Waals surface area contributed by atoms with Crippen molar-refractivity contribution >= 4 is 0 Å². The maximum atomic E-state index is 13.6. The average Bonchev–Trinajstić information content (AvgIpc) is 2.58. The highest BCUT2D eigenvalue weighted by molar-refractivity contribution is 5.29. The Labute approximate surface area is 136 Å². The van der Waals surface area contributed by atoms with Gasteiger partial charge in [0.1, 0.15) is 18.2 Å². The van der Waals surface area contributed by atoms with Gasteiger partial charge in [-0.25, -0.2) is 13.2 Å². The summed E-state index contributed by atoms with van der Waals surface area (Å²) >= 11 is 0. The molecule has 0 unspecified atom stereocenters. The number of benzene rings is 2. The Kier molecular flexibility index (Phi) is 10.5. The van der Waals surface area contributed by atoms with Crippen LogP contribution in [0.4, 0.5) is 13.2 Å². The second kappa shape index (κ2) is 11.5. The monoisotopic (exact) mass is 327 g/mol. The smallest absolute Gasteiger partial charge is 0.165 e. The summed E-state index contributed by atoms with van der Waals surface area (Å²) in [6, 6.07) is 7.45. The Hall–Kier alpha value is -2.01. The van der Waals surface area contributed by atoms with Crippen molar-refractivity contribution in [2.24, 2.45) is 5.73 Å². The van der Waals surface area contributed by atoms with E-state index in [0.717, 1.165) is 12.1 Å². The van der Waals surface area contributed by atoms with Gasteiger partial charge in [0.25, 0.3) is 0 Å². The first kappa shape index (κ1) is 21.0. The molecule has 0 heterocycles. The van der Waals surface area contributed by atoms with Crippen molar-refractivity contribution in [1.82, 2.24) is 0 Å². The lowest BCUT2D eigenvalue weighted by Crippen LogP contribution is -2.02. The van der Waals surface area contributed by atoms with Gasteiger partial charge < -0.3 is 10.5 Å². The molecule has 2 rings (SSSR count). The van der Waals surface area contributed by atoms with Crippen LogP contribution in [0.15, 0.2) is 36.4 Å². The number of ether oxygens (including phenoxy) is 1. The van der Waals surface area contributed by atoms with Crippen molar-refractivity contribution in [3.8, 4) is 5.75 Å². The molecule has 0 aliphatic carbocycles. The first-order valence-electron chi connectivity index (χ1n) is 7.65. The Balaban J connectivity index is 0.00000112. The molecule has 0 aliphatic heterocycles. The Bertz CT molecular complexity index is 588. The van der Waals surface area contributed by atoms with Crippen LogP contribution in [0, 0.1) is 17.5 Å². The first-order chi connectivity index (χ1) is 11.1. The molecule has 0 saturated heterocycles. The van der Waals surface area contributed by atoms with Gasteiger partial charge in [-0.15, -0.1) is 0 Å². The molecule has 23 heavy (non-hydrogen) atoms. The Morgan fingerprint density at radius 3 is 2.04 bits per heavy atom. The van der Waals surface area contributed by atoms with Crippen LogP contribution in [0.5, 0.6) is 5.75 Å². The van der Waals surface area contributed by atoms with Crippen LogP contribution in [0.25, 0.3) is 0 Å². The summed E-state index contributed by atoms with van der Waals surface area (Å²) < 4.78 is 44.8. The van der Waals surface area contributed by atoms with Gasteiger partial charge in [0.05, 0.1) is 0 Å². The molecule has 0 atom stereocenters. The average molecular weight is 327 g/mol. The molecule has 2 aromatic carbocycles. The van der Waals surface area contributed by atoms with E-state index in [1.807, 2.05) is 27.7 Å². The van der Waals surface area contributed by atoms with E-state index in [-0.39, 0.29) is 24.5 Å². The molecular weight excluding hydrogens is 303 g/mol. The van der Waals surface area contributed by atoms with E-state index in [9.17, 15) is 13.2 Å². The molecule has 2 N–H and O–H groups in total. The molecule has 0 spiro atoms. The normalized spacial score (nSPS) is 9.22. The van der Waals surface area contributed by atoms with Crippen LogP contribution >= 0.6 is 0 Å². The standard InChI is InChI=1S/C14H12F3NO.2C2H6/c15-11-3-2-10(12(16)6-11)8-19-14-4-1-9(7-18)5-13(14)17;2*1-2/h1-6H,7-8,18H2;2*1-2H3. The third kappa shape index (κ3) is 6.74. The number of nitrogens with two attached hydrogens (primary N) is 1. The molecule has 0 amide bonds. The summed E-state index contributed by atoms with van der Waals surface area (Å²) in [4.78, 5) is 0. The molecule has 0 saturated carbocycles. The van der Waals surface area contributed by atoms with Gasteiger partial charge in [0.15, 0.2) is 11.6 Å². The van der Waals surface area contributed by atoms with Gasteiger partial charge in [0.2, 0.25) is 0 Å². The number of hydrogen-bond donors (Lipinski definition) is 1. The molecule has 2 nitrogen and oxygen atoms in total. The second-order valence-corrected chi connectivity index (χ2v) is 3.99. The molecular formula is C18H24F3NO. The summed E-state index contributed by atoms with van der Waals surface area (Å²) in [7, 11) is 0. The lowest BCUT2D eigenvalue weighted by atomic mass is 10.2.